The van der Waals surface area contributed by atoms with E-state index in [4.69, 9.17) is 4.74 Å². The number of phenolic OH excluding ortho intramolecular Hbond substituents is 1. The van der Waals surface area contributed by atoms with E-state index in [1.165, 1.54) is 0 Å². The fraction of sp³-hybridized carbons (Fsp3) is 0.133. The van der Waals surface area contributed by atoms with Crippen LogP contribution < -0.4 is 4.74 Å². The molecule has 0 unspecified atom stereocenters. The molecule has 0 saturated carbocycles. The third kappa shape index (κ3) is 2.88. The molecule has 92 valence electrons. The molecule has 0 spiro atoms. The number of carbonyl (C=O) groups is 1. The molecule has 18 heavy (non-hydrogen) atoms. The summed E-state index contributed by atoms with van der Waals surface area (Å²) < 4.78 is 5.58. The van der Waals surface area contributed by atoms with Crippen molar-refractivity contribution in [1.82, 2.24) is 0 Å². The lowest BCUT2D eigenvalue weighted by Crippen LogP contribution is -1.98. The maximum absolute atomic E-state index is 10.9. The molecule has 0 saturated heterocycles. The van der Waals surface area contributed by atoms with Gasteiger partial charge in [0, 0.05) is 0 Å². The number of aldehydes is 1. The summed E-state index contributed by atoms with van der Waals surface area (Å²) in [5.41, 5.74) is 2.41. The lowest BCUT2D eigenvalue weighted by molar-refractivity contribution is 0.111. The van der Waals surface area contributed by atoms with Gasteiger partial charge in [-0.3, -0.25) is 4.79 Å². The molecular weight excluding hydrogens is 228 g/mol. The predicted molar refractivity (Wildman–Crippen MR) is 69.0 cm³/mol. The number of aromatic hydroxyl groups is 1. The highest BCUT2D eigenvalue weighted by atomic mass is 16.5. The summed E-state index contributed by atoms with van der Waals surface area (Å²) >= 11 is 0. The molecular formula is C15H14O3. The first-order valence-electron chi connectivity index (χ1n) is 5.65. The van der Waals surface area contributed by atoms with Crippen LogP contribution in [0.5, 0.6) is 11.5 Å². The zero-order valence-corrected chi connectivity index (χ0v) is 10.1. The molecule has 0 aromatic heterocycles. The van der Waals surface area contributed by atoms with Gasteiger partial charge in [-0.1, -0.05) is 23.8 Å². The molecule has 0 amide bonds. The second kappa shape index (κ2) is 5.36. The van der Waals surface area contributed by atoms with Gasteiger partial charge in [-0.05, 0) is 36.8 Å². The van der Waals surface area contributed by atoms with E-state index in [1.54, 1.807) is 30.3 Å². The van der Waals surface area contributed by atoms with Crippen LogP contribution >= 0.6 is 0 Å². The topological polar surface area (TPSA) is 46.5 Å². The minimum Gasteiger partial charge on any atom is -0.508 e. The Hall–Kier alpha value is -2.29. The van der Waals surface area contributed by atoms with Gasteiger partial charge >= 0.3 is 0 Å². The van der Waals surface area contributed by atoms with Crippen molar-refractivity contribution in [2.45, 2.75) is 13.5 Å². The van der Waals surface area contributed by atoms with E-state index < -0.39 is 0 Å². The number of carbonyl (C=O) groups excluding carboxylic acids is 1. The van der Waals surface area contributed by atoms with Gasteiger partial charge in [0.2, 0.25) is 0 Å². The molecule has 0 heterocycles. The molecule has 0 aliphatic carbocycles. The van der Waals surface area contributed by atoms with Gasteiger partial charge < -0.3 is 9.84 Å². The SMILES string of the molecule is Cc1ccc(OCc2cccc(O)c2)c(C=O)c1. The van der Waals surface area contributed by atoms with Gasteiger partial charge in [0.15, 0.2) is 6.29 Å². The summed E-state index contributed by atoms with van der Waals surface area (Å²) in [7, 11) is 0. The molecule has 2 aromatic carbocycles. The lowest BCUT2D eigenvalue weighted by atomic mass is 10.1. The molecule has 0 aliphatic heterocycles. The van der Waals surface area contributed by atoms with Gasteiger partial charge in [-0.15, -0.1) is 0 Å². The zero-order chi connectivity index (χ0) is 13.0. The largest absolute Gasteiger partial charge is 0.508 e. The molecule has 0 aliphatic rings. The highest BCUT2D eigenvalue weighted by Gasteiger charge is 2.03. The number of rotatable bonds is 4. The van der Waals surface area contributed by atoms with Crippen LogP contribution in [0, 0.1) is 6.92 Å². The van der Waals surface area contributed by atoms with Crippen LogP contribution in [-0.4, -0.2) is 11.4 Å². The number of aryl methyl sites for hydroxylation is 1. The minimum absolute atomic E-state index is 0.204. The van der Waals surface area contributed by atoms with E-state index in [0.29, 0.717) is 17.9 Å². The molecule has 0 bridgehead atoms. The molecule has 3 heteroatoms. The van der Waals surface area contributed by atoms with Crippen molar-refractivity contribution in [2.75, 3.05) is 0 Å². The molecule has 1 N–H and O–H groups in total. The number of ether oxygens (including phenoxy) is 1. The van der Waals surface area contributed by atoms with Crippen molar-refractivity contribution in [3.8, 4) is 11.5 Å². The standard InChI is InChI=1S/C15H14O3/c1-11-5-6-15(13(7-11)9-16)18-10-12-3-2-4-14(17)8-12/h2-9,17H,10H2,1H3. The van der Waals surface area contributed by atoms with Crippen molar-refractivity contribution in [1.29, 1.82) is 0 Å². The summed E-state index contributed by atoms with van der Waals surface area (Å²) in [6.45, 7) is 2.24. The van der Waals surface area contributed by atoms with Crippen LogP contribution in [-0.2, 0) is 6.61 Å². The average molecular weight is 242 g/mol. The van der Waals surface area contributed by atoms with Crippen molar-refractivity contribution in [3.63, 3.8) is 0 Å². The highest BCUT2D eigenvalue weighted by molar-refractivity contribution is 5.79. The van der Waals surface area contributed by atoms with Gasteiger partial charge in [-0.2, -0.15) is 0 Å². The van der Waals surface area contributed by atoms with E-state index in [0.717, 1.165) is 17.4 Å². The average Bonchev–Trinajstić information content (AvgIpc) is 2.37. The Kier molecular flexibility index (Phi) is 3.63. The summed E-state index contributed by atoms with van der Waals surface area (Å²) in [6.07, 6.45) is 0.783. The smallest absolute Gasteiger partial charge is 0.153 e. The maximum atomic E-state index is 10.9. The van der Waals surface area contributed by atoms with Crippen molar-refractivity contribution >= 4 is 6.29 Å². The molecule has 2 rings (SSSR count). The third-order valence-electron chi connectivity index (χ3n) is 2.60. The van der Waals surface area contributed by atoms with Crippen LogP contribution in [0.4, 0.5) is 0 Å². The van der Waals surface area contributed by atoms with Crippen molar-refractivity contribution in [2.24, 2.45) is 0 Å². The second-order valence-corrected chi connectivity index (χ2v) is 4.12. The van der Waals surface area contributed by atoms with Crippen LogP contribution in [0.2, 0.25) is 0 Å². The summed E-state index contributed by atoms with van der Waals surface area (Å²) in [4.78, 5) is 10.9. The number of hydrogen-bond acceptors (Lipinski definition) is 3. The molecule has 0 radical (unpaired) electrons. The van der Waals surface area contributed by atoms with Crippen LogP contribution in [0.25, 0.3) is 0 Å². The highest BCUT2D eigenvalue weighted by Crippen LogP contribution is 2.20. The minimum atomic E-state index is 0.204. The first-order valence-corrected chi connectivity index (χ1v) is 5.65. The van der Waals surface area contributed by atoms with Gasteiger partial charge in [0.1, 0.15) is 18.1 Å². The van der Waals surface area contributed by atoms with E-state index in [9.17, 15) is 9.90 Å². The third-order valence-corrected chi connectivity index (χ3v) is 2.60. The Balaban J connectivity index is 2.13. The fourth-order valence-electron chi connectivity index (χ4n) is 1.70. The normalized spacial score (nSPS) is 10.1. The number of phenols is 1. The van der Waals surface area contributed by atoms with Gasteiger partial charge in [0.25, 0.3) is 0 Å². The van der Waals surface area contributed by atoms with Crippen molar-refractivity contribution in [3.05, 3.63) is 59.2 Å². The molecule has 3 nitrogen and oxygen atoms in total. The van der Waals surface area contributed by atoms with Gasteiger partial charge in [-0.25, -0.2) is 0 Å². The Labute approximate surface area is 106 Å². The Bertz CT molecular complexity index is 561. The van der Waals surface area contributed by atoms with Crippen LogP contribution in [0.3, 0.4) is 0 Å². The van der Waals surface area contributed by atoms with Crippen LogP contribution in [0.1, 0.15) is 21.5 Å². The Morgan fingerprint density at radius 3 is 2.78 bits per heavy atom. The van der Waals surface area contributed by atoms with Crippen molar-refractivity contribution < 1.29 is 14.6 Å². The van der Waals surface area contributed by atoms with E-state index in [1.807, 2.05) is 19.1 Å². The van der Waals surface area contributed by atoms with Crippen LogP contribution in [0.15, 0.2) is 42.5 Å². The molecule has 0 atom stereocenters. The quantitative estimate of drug-likeness (QED) is 0.838. The lowest BCUT2D eigenvalue weighted by Gasteiger charge is -2.09. The monoisotopic (exact) mass is 242 g/mol. The second-order valence-electron chi connectivity index (χ2n) is 4.12. The van der Waals surface area contributed by atoms with E-state index >= 15 is 0 Å². The first kappa shape index (κ1) is 12.2. The first-order chi connectivity index (χ1) is 8.69. The number of benzene rings is 2. The maximum Gasteiger partial charge on any atom is 0.153 e. The summed E-state index contributed by atoms with van der Waals surface area (Å²) in [5, 5.41) is 9.34. The summed E-state index contributed by atoms with van der Waals surface area (Å²) in [6, 6.07) is 12.3. The van der Waals surface area contributed by atoms with Gasteiger partial charge in [0.05, 0.1) is 5.56 Å². The number of hydrogen-bond donors (Lipinski definition) is 1. The molecule has 0 fully saturated rings. The Morgan fingerprint density at radius 1 is 1.22 bits per heavy atom. The zero-order valence-electron chi connectivity index (χ0n) is 10.1. The summed E-state index contributed by atoms with van der Waals surface area (Å²) in [5.74, 6) is 0.759. The van der Waals surface area contributed by atoms with E-state index in [-0.39, 0.29) is 5.75 Å². The Morgan fingerprint density at radius 2 is 2.06 bits per heavy atom. The fourth-order valence-corrected chi connectivity index (χ4v) is 1.70. The molecule has 2 aromatic rings. The predicted octanol–water partition coefficient (Wildman–Crippen LogP) is 3.09. The van der Waals surface area contributed by atoms with E-state index in [2.05, 4.69) is 0 Å².